The number of nitriles is 2. The smallest absolute Gasteiger partial charge is 0.0999 e. The van der Waals surface area contributed by atoms with Crippen LogP contribution in [0.2, 0.25) is 0 Å². The molecular formula is C44H25N5. The van der Waals surface area contributed by atoms with Crippen LogP contribution in [0.4, 0.5) is 0 Å². The first-order valence-electron chi connectivity index (χ1n) is 16.2. The number of nitrogens with zero attached hydrogens (tertiary/aromatic N) is 5. The van der Waals surface area contributed by atoms with Crippen molar-refractivity contribution in [3.05, 3.63) is 163 Å². The topological polar surface area (TPSA) is 62.4 Å². The Morgan fingerprint density at radius 1 is 0.347 bits per heavy atom. The zero-order valence-corrected chi connectivity index (χ0v) is 26.2. The van der Waals surface area contributed by atoms with Crippen molar-refractivity contribution in [2.24, 2.45) is 0 Å². The van der Waals surface area contributed by atoms with E-state index < -0.39 is 0 Å². The van der Waals surface area contributed by atoms with E-state index in [9.17, 15) is 10.5 Å². The third-order valence-electron chi connectivity index (χ3n) is 9.88. The van der Waals surface area contributed by atoms with Gasteiger partial charge in [0.1, 0.15) is 0 Å². The van der Waals surface area contributed by atoms with Crippen molar-refractivity contribution < 1.29 is 0 Å². The molecule has 0 aliphatic carbocycles. The molecule has 0 aliphatic heterocycles. The quantitative estimate of drug-likeness (QED) is 0.197. The van der Waals surface area contributed by atoms with Crippen molar-refractivity contribution in [3.8, 4) is 29.2 Å². The number of rotatable bonds is 3. The summed E-state index contributed by atoms with van der Waals surface area (Å²) in [5.41, 5.74) is 10.7. The van der Waals surface area contributed by atoms with E-state index in [0.29, 0.717) is 11.1 Å². The summed E-state index contributed by atoms with van der Waals surface area (Å²) in [6.45, 7) is 0. The van der Waals surface area contributed by atoms with Crippen LogP contribution in [0, 0.1) is 22.7 Å². The highest BCUT2D eigenvalue weighted by molar-refractivity contribution is 6.32. The van der Waals surface area contributed by atoms with Crippen molar-refractivity contribution in [1.82, 2.24) is 13.7 Å². The Hall–Kier alpha value is -7.08. The Morgan fingerprint density at radius 3 is 1.55 bits per heavy atom. The highest BCUT2D eigenvalue weighted by Crippen LogP contribution is 2.46. The molecule has 3 aromatic heterocycles. The second-order valence-corrected chi connectivity index (χ2v) is 12.4. The normalized spacial score (nSPS) is 11.6. The van der Waals surface area contributed by atoms with Gasteiger partial charge >= 0.3 is 0 Å². The molecule has 0 saturated carbocycles. The molecule has 0 fully saturated rings. The molecule has 0 radical (unpaired) electrons. The van der Waals surface area contributed by atoms with Gasteiger partial charge in [-0.05, 0) is 78.9 Å². The number of hydrogen-bond acceptors (Lipinski definition) is 2. The number of aromatic nitrogens is 3. The third kappa shape index (κ3) is 3.67. The molecule has 0 atom stereocenters. The van der Waals surface area contributed by atoms with E-state index in [2.05, 4.69) is 135 Å². The predicted octanol–water partition coefficient (Wildman–Crippen LogP) is 10.7. The molecule has 49 heavy (non-hydrogen) atoms. The summed E-state index contributed by atoms with van der Waals surface area (Å²) >= 11 is 0. The minimum atomic E-state index is 0.604. The van der Waals surface area contributed by atoms with Gasteiger partial charge in [-0.1, -0.05) is 72.8 Å². The summed E-state index contributed by atoms with van der Waals surface area (Å²) < 4.78 is 6.99. The van der Waals surface area contributed by atoms with Crippen molar-refractivity contribution in [2.45, 2.75) is 0 Å². The average molecular weight is 624 g/mol. The SMILES string of the molecule is N#Cc1ccc(-n2c3cccc(C#N)c3c3c2ccc2c4ccc5c(c6ccccc6n5-c5ccccc5)c4n(-c4ccccc4)c23)cc1. The van der Waals surface area contributed by atoms with Gasteiger partial charge in [-0.15, -0.1) is 0 Å². The van der Waals surface area contributed by atoms with Crippen LogP contribution >= 0.6 is 0 Å². The molecule has 10 rings (SSSR count). The maximum Gasteiger partial charge on any atom is 0.0999 e. The van der Waals surface area contributed by atoms with E-state index in [-0.39, 0.29) is 0 Å². The lowest BCUT2D eigenvalue weighted by Crippen LogP contribution is -1.96. The Kier molecular flexibility index (Phi) is 5.64. The van der Waals surface area contributed by atoms with Crippen LogP contribution < -0.4 is 0 Å². The maximum atomic E-state index is 10.5. The molecule has 5 nitrogen and oxygen atoms in total. The monoisotopic (exact) mass is 623 g/mol. The van der Waals surface area contributed by atoms with Gasteiger partial charge in [0, 0.05) is 49.4 Å². The summed E-state index contributed by atoms with van der Waals surface area (Å²) in [7, 11) is 0. The van der Waals surface area contributed by atoms with E-state index in [1.807, 2.05) is 42.5 Å². The molecule has 0 saturated heterocycles. The highest BCUT2D eigenvalue weighted by atomic mass is 15.0. The number of para-hydroxylation sites is 3. The molecule has 0 unspecified atom stereocenters. The molecule has 0 amide bonds. The summed E-state index contributed by atoms with van der Waals surface area (Å²) in [6.07, 6.45) is 0. The third-order valence-corrected chi connectivity index (χ3v) is 9.88. The van der Waals surface area contributed by atoms with Crippen LogP contribution in [0.5, 0.6) is 0 Å². The van der Waals surface area contributed by atoms with Gasteiger partial charge < -0.3 is 13.7 Å². The number of fused-ring (bicyclic) bond motifs is 11. The minimum Gasteiger partial charge on any atom is -0.309 e. The lowest BCUT2D eigenvalue weighted by atomic mass is 10.0. The maximum absolute atomic E-state index is 10.5. The zero-order chi connectivity index (χ0) is 32.6. The molecule has 7 aromatic carbocycles. The Labute approximate surface area is 280 Å². The first-order valence-corrected chi connectivity index (χ1v) is 16.2. The summed E-state index contributed by atoms with van der Waals surface area (Å²) in [5.74, 6) is 0. The van der Waals surface area contributed by atoms with E-state index in [0.717, 1.165) is 71.7 Å². The minimum absolute atomic E-state index is 0.604. The molecule has 0 spiro atoms. The van der Waals surface area contributed by atoms with E-state index in [1.165, 1.54) is 10.8 Å². The highest BCUT2D eigenvalue weighted by Gasteiger charge is 2.25. The zero-order valence-electron chi connectivity index (χ0n) is 26.2. The predicted molar refractivity (Wildman–Crippen MR) is 199 cm³/mol. The lowest BCUT2D eigenvalue weighted by molar-refractivity contribution is 1.17. The van der Waals surface area contributed by atoms with Crippen molar-refractivity contribution in [2.75, 3.05) is 0 Å². The van der Waals surface area contributed by atoms with Gasteiger partial charge in [-0.2, -0.15) is 10.5 Å². The van der Waals surface area contributed by atoms with Crippen molar-refractivity contribution in [1.29, 1.82) is 10.5 Å². The largest absolute Gasteiger partial charge is 0.309 e. The van der Waals surface area contributed by atoms with Crippen LogP contribution in [0.1, 0.15) is 11.1 Å². The van der Waals surface area contributed by atoms with Gasteiger partial charge in [0.05, 0.1) is 56.4 Å². The Morgan fingerprint density at radius 2 is 0.878 bits per heavy atom. The van der Waals surface area contributed by atoms with Crippen LogP contribution in [-0.2, 0) is 0 Å². The first-order chi connectivity index (χ1) is 24.3. The Bertz CT molecular complexity index is 3040. The fourth-order valence-electron chi connectivity index (χ4n) is 7.93. The lowest BCUT2D eigenvalue weighted by Gasteiger charge is -2.11. The van der Waals surface area contributed by atoms with Gasteiger partial charge in [0.15, 0.2) is 0 Å². The molecule has 0 N–H and O–H groups in total. The summed E-state index contributed by atoms with van der Waals surface area (Å²) in [4.78, 5) is 0. The van der Waals surface area contributed by atoms with Gasteiger partial charge in [-0.25, -0.2) is 0 Å². The van der Waals surface area contributed by atoms with E-state index in [1.54, 1.807) is 0 Å². The summed E-state index contributed by atoms with van der Waals surface area (Å²) in [5, 5.41) is 26.6. The van der Waals surface area contributed by atoms with Crippen LogP contribution in [0.3, 0.4) is 0 Å². The second-order valence-electron chi connectivity index (χ2n) is 12.4. The second kappa shape index (κ2) is 10.2. The molecule has 5 heteroatoms. The van der Waals surface area contributed by atoms with Crippen LogP contribution in [0.15, 0.2) is 152 Å². The standard InChI is InChI=1S/C44H25N5/c45-26-28-18-20-32(21-19-28)48-37-17-9-10-29(27-46)40(37)42-39(48)25-23-34-33-22-24-38-41(43(33)49(44(34)42)31-13-5-2-6-14-31)35-15-7-8-16-36(35)47(38)30-11-3-1-4-12-30/h1-25H. The van der Waals surface area contributed by atoms with E-state index >= 15 is 0 Å². The van der Waals surface area contributed by atoms with Crippen LogP contribution in [-0.4, -0.2) is 13.7 Å². The fourth-order valence-corrected chi connectivity index (χ4v) is 7.93. The van der Waals surface area contributed by atoms with Gasteiger partial charge in [-0.3, -0.25) is 0 Å². The van der Waals surface area contributed by atoms with Crippen molar-refractivity contribution >= 4 is 65.4 Å². The Balaban J connectivity index is 1.48. The number of hydrogen-bond donors (Lipinski definition) is 0. The molecule has 10 aromatic rings. The molecule has 3 heterocycles. The molecular weight excluding hydrogens is 599 g/mol. The number of benzene rings is 7. The van der Waals surface area contributed by atoms with Gasteiger partial charge in [0.2, 0.25) is 0 Å². The van der Waals surface area contributed by atoms with Gasteiger partial charge in [0.25, 0.3) is 0 Å². The average Bonchev–Trinajstić information content (AvgIpc) is 3.81. The molecule has 0 bridgehead atoms. The van der Waals surface area contributed by atoms with Crippen molar-refractivity contribution in [3.63, 3.8) is 0 Å². The molecule has 226 valence electrons. The molecule has 0 aliphatic rings. The summed E-state index contributed by atoms with van der Waals surface area (Å²) in [6, 6.07) is 57.0. The van der Waals surface area contributed by atoms with Crippen LogP contribution in [0.25, 0.3) is 82.5 Å². The first kappa shape index (κ1) is 27.1. The fraction of sp³-hybridized carbons (Fsp3) is 0. The van der Waals surface area contributed by atoms with E-state index in [4.69, 9.17) is 0 Å².